The van der Waals surface area contributed by atoms with Gasteiger partial charge < -0.3 is 9.32 Å². The monoisotopic (exact) mass is 361 g/mol. The van der Waals surface area contributed by atoms with Crippen molar-refractivity contribution in [2.24, 2.45) is 7.05 Å². The highest BCUT2D eigenvalue weighted by Crippen LogP contribution is 2.51. The third kappa shape index (κ3) is 2.77. The molecule has 4 rings (SSSR count). The van der Waals surface area contributed by atoms with Crippen molar-refractivity contribution in [3.05, 3.63) is 65.5 Å². The summed E-state index contributed by atoms with van der Waals surface area (Å²) in [5.74, 6) is 0.897. The second kappa shape index (κ2) is 6.56. The van der Waals surface area contributed by atoms with E-state index in [-0.39, 0.29) is 5.41 Å². The lowest BCUT2D eigenvalue weighted by atomic mass is 9.81. The van der Waals surface area contributed by atoms with Gasteiger partial charge in [-0.05, 0) is 28.8 Å². The molecule has 3 aromatic rings. The molecule has 0 spiro atoms. The molecule has 3 nitrogen and oxygen atoms in total. The Hall–Kier alpha value is -2.55. The van der Waals surface area contributed by atoms with E-state index in [0.717, 1.165) is 18.1 Å². The van der Waals surface area contributed by atoms with Crippen molar-refractivity contribution in [3.8, 4) is 0 Å². The van der Waals surface area contributed by atoms with Gasteiger partial charge >= 0.3 is 5.89 Å². The lowest BCUT2D eigenvalue weighted by molar-refractivity contribution is -0.682. The van der Waals surface area contributed by atoms with Gasteiger partial charge in [-0.1, -0.05) is 57.5 Å². The zero-order valence-electron chi connectivity index (χ0n) is 17.0. The number of rotatable bonds is 4. The maximum Gasteiger partial charge on any atom is 0.374 e. The number of aryl methyl sites for hydroxylation is 1. The van der Waals surface area contributed by atoms with E-state index in [0.29, 0.717) is 0 Å². The number of fused-ring (bicyclic) bond motifs is 3. The molecule has 0 aliphatic carbocycles. The molecule has 2 heterocycles. The Morgan fingerprint density at radius 1 is 1.15 bits per heavy atom. The molecule has 2 aromatic carbocycles. The molecule has 27 heavy (non-hydrogen) atoms. The Morgan fingerprint density at radius 3 is 2.63 bits per heavy atom. The molecule has 0 radical (unpaired) electrons. The summed E-state index contributed by atoms with van der Waals surface area (Å²) in [5, 5.41) is 2.66. The second-order valence-corrected chi connectivity index (χ2v) is 8.11. The lowest BCUT2D eigenvalue weighted by Crippen LogP contribution is -2.33. The van der Waals surface area contributed by atoms with E-state index in [1.807, 2.05) is 6.26 Å². The van der Waals surface area contributed by atoms with Crippen LogP contribution in [0, 0.1) is 6.92 Å². The zero-order valence-corrected chi connectivity index (χ0v) is 17.0. The van der Waals surface area contributed by atoms with Gasteiger partial charge in [0, 0.05) is 30.3 Å². The quantitative estimate of drug-likeness (QED) is 0.572. The van der Waals surface area contributed by atoms with E-state index >= 15 is 0 Å². The van der Waals surface area contributed by atoms with Crippen molar-refractivity contribution < 1.29 is 8.98 Å². The van der Waals surface area contributed by atoms with Crippen molar-refractivity contribution in [1.82, 2.24) is 0 Å². The molecule has 0 fully saturated rings. The van der Waals surface area contributed by atoms with Crippen LogP contribution < -0.4 is 9.47 Å². The van der Waals surface area contributed by atoms with Gasteiger partial charge in [-0.15, -0.1) is 0 Å². The molecule has 140 valence electrons. The van der Waals surface area contributed by atoms with Gasteiger partial charge in [0.2, 0.25) is 5.69 Å². The topological polar surface area (TPSA) is 20.3 Å². The highest BCUT2D eigenvalue weighted by Gasteiger charge is 2.42. The van der Waals surface area contributed by atoms with Gasteiger partial charge in [-0.2, -0.15) is 4.57 Å². The van der Waals surface area contributed by atoms with Gasteiger partial charge in [0.1, 0.15) is 7.05 Å². The summed E-state index contributed by atoms with van der Waals surface area (Å²) in [6, 6.07) is 13.3. The summed E-state index contributed by atoms with van der Waals surface area (Å²) in [7, 11) is 2.06. The second-order valence-electron chi connectivity index (χ2n) is 8.11. The van der Waals surface area contributed by atoms with Crippen molar-refractivity contribution in [2.45, 2.75) is 46.0 Å². The third-order valence-corrected chi connectivity index (χ3v) is 5.96. The molecule has 0 amide bonds. The fourth-order valence-corrected chi connectivity index (χ4v) is 4.28. The molecular weight excluding hydrogens is 332 g/mol. The molecule has 3 heteroatoms. The number of allylic oxidation sites excluding steroid dienone is 1. The minimum atomic E-state index is -0.0857. The van der Waals surface area contributed by atoms with Crippen LogP contribution in [-0.2, 0) is 12.5 Å². The number of benzene rings is 2. The Kier molecular flexibility index (Phi) is 4.33. The summed E-state index contributed by atoms with van der Waals surface area (Å²) < 4.78 is 7.96. The largest absolute Gasteiger partial charge is 0.406 e. The summed E-state index contributed by atoms with van der Waals surface area (Å²) in [5.41, 5.74) is 5.11. The standard InChI is InChI=1S/C24H29N2O/c1-6-7-14-26-20-13-12-18-10-8-9-11-19(18)23(20)24(3,4)21(26)15-22-25(5)17(2)16-27-22/h8-13,15-16H,6-7,14H2,1-5H3/q+1. The fourth-order valence-electron chi connectivity index (χ4n) is 4.28. The number of unbranched alkanes of at least 4 members (excludes halogenated alkanes) is 1. The molecular formula is C24H29N2O+. The molecule has 1 aliphatic rings. The molecule has 0 saturated carbocycles. The molecule has 0 saturated heterocycles. The average molecular weight is 362 g/mol. The smallest absolute Gasteiger partial charge is 0.374 e. The minimum Gasteiger partial charge on any atom is -0.406 e. The molecule has 0 bridgehead atoms. The van der Waals surface area contributed by atoms with Gasteiger partial charge in [0.15, 0.2) is 6.26 Å². The predicted octanol–water partition coefficient (Wildman–Crippen LogP) is 5.50. The highest BCUT2D eigenvalue weighted by atomic mass is 16.3. The van der Waals surface area contributed by atoms with Crippen LogP contribution in [0.5, 0.6) is 0 Å². The Labute approximate surface area is 161 Å². The van der Waals surface area contributed by atoms with E-state index < -0.39 is 0 Å². The normalized spacial score (nSPS) is 17.1. The molecule has 1 aliphatic heterocycles. The summed E-state index contributed by atoms with van der Waals surface area (Å²) in [4.78, 5) is 2.50. The van der Waals surface area contributed by atoms with Crippen molar-refractivity contribution in [2.75, 3.05) is 11.4 Å². The van der Waals surface area contributed by atoms with Gasteiger partial charge in [-0.3, -0.25) is 0 Å². The van der Waals surface area contributed by atoms with Crippen LogP contribution in [0.15, 0.2) is 52.8 Å². The third-order valence-electron chi connectivity index (χ3n) is 5.96. The molecule has 1 aromatic heterocycles. The average Bonchev–Trinajstić information content (AvgIpc) is 3.09. The Bertz CT molecular complexity index is 1030. The van der Waals surface area contributed by atoms with Crippen LogP contribution in [-0.4, -0.2) is 6.54 Å². The van der Waals surface area contributed by atoms with E-state index in [9.17, 15) is 0 Å². The van der Waals surface area contributed by atoms with Crippen molar-refractivity contribution in [1.29, 1.82) is 0 Å². The number of oxazole rings is 1. The predicted molar refractivity (Wildman–Crippen MR) is 112 cm³/mol. The van der Waals surface area contributed by atoms with E-state index in [2.05, 4.69) is 86.7 Å². The first-order valence-electron chi connectivity index (χ1n) is 9.91. The first-order valence-corrected chi connectivity index (χ1v) is 9.91. The number of hydrogen-bond donors (Lipinski definition) is 0. The molecule has 0 atom stereocenters. The maximum atomic E-state index is 5.85. The first-order chi connectivity index (χ1) is 12.9. The number of nitrogens with zero attached hydrogens (tertiary/aromatic N) is 2. The zero-order chi connectivity index (χ0) is 19.2. The van der Waals surface area contributed by atoms with E-state index in [1.165, 1.54) is 40.6 Å². The van der Waals surface area contributed by atoms with Crippen LogP contribution in [0.4, 0.5) is 5.69 Å². The van der Waals surface area contributed by atoms with Crippen LogP contribution in [0.2, 0.25) is 0 Å². The SMILES string of the molecule is CCCCN1C(=Cc2occ(C)[n+]2C)C(C)(C)c2c1ccc1ccccc21. The summed E-state index contributed by atoms with van der Waals surface area (Å²) >= 11 is 0. The minimum absolute atomic E-state index is 0.0857. The lowest BCUT2D eigenvalue weighted by Gasteiger charge is -2.26. The van der Waals surface area contributed by atoms with Crippen LogP contribution in [0.25, 0.3) is 16.8 Å². The van der Waals surface area contributed by atoms with E-state index in [1.54, 1.807) is 0 Å². The first kappa shape index (κ1) is 17.8. The fraction of sp³-hybridized carbons (Fsp3) is 0.375. The highest BCUT2D eigenvalue weighted by molar-refractivity contribution is 5.95. The van der Waals surface area contributed by atoms with Crippen LogP contribution in [0.1, 0.15) is 50.8 Å². The van der Waals surface area contributed by atoms with Gasteiger partial charge in [-0.25, -0.2) is 0 Å². The van der Waals surface area contributed by atoms with Crippen molar-refractivity contribution >= 4 is 22.5 Å². The Morgan fingerprint density at radius 2 is 1.93 bits per heavy atom. The van der Waals surface area contributed by atoms with Gasteiger partial charge in [0.05, 0.1) is 6.08 Å². The summed E-state index contributed by atoms with van der Waals surface area (Å²) in [6.07, 6.45) is 6.41. The van der Waals surface area contributed by atoms with Crippen LogP contribution in [0.3, 0.4) is 0 Å². The van der Waals surface area contributed by atoms with Gasteiger partial charge in [0.25, 0.3) is 0 Å². The van der Waals surface area contributed by atoms with Crippen molar-refractivity contribution in [3.63, 3.8) is 0 Å². The molecule has 0 unspecified atom stereocenters. The maximum absolute atomic E-state index is 5.85. The van der Waals surface area contributed by atoms with Crippen LogP contribution >= 0.6 is 0 Å². The Balaban J connectivity index is 1.95. The summed E-state index contributed by atoms with van der Waals surface area (Å²) in [6.45, 7) is 10.0. The molecule has 0 N–H and O–H groups in total. The van der Waals surface area contributed by atoms with E-state index in [4.69, 9.17) is 4.42 Å². The number of aromatic nitrogens is 1. The number of anilines is 1. The number of hydrogen-bond acceptors (Lipinski definition) is 2.